The summed E-state index contributed by atoms with van der Waals surface area (Å²) in [5, 5.41) is 2.96. The molecule has 1 aliphatic heterocycles. The fraction of sp³-hybridized carbons (Fsp3) is 0.250. The van der Waals surface area contributed by atoms with Crippen molar-refractivity contribution in [3.63, 3.8) is 0 Å². The summed E-state index contributed by atoms with van der Waals surface area (Å²) >= 11 is 0. The standard InChI is InChI=1S/C28H25F3N4O2/c1-17(36)35-13-11-19(12-14-35)27(37)32-23-8-5-18(6-9-23)20-3-2-4-21(15-20)26-33-24-10-7-22(28(29,30)31)16-25(24)34-26/h2-10,15-16,19H,11-14H2,1H3,(H,32,37)(H,33,34). The first kappa shape index (κ1) is 24.5. The molecule has 2 N–H and O–H groups in total. The third-order valence-corrected chi connectivity index (χ3v) is 6.74. The summed E-state index contributed by atoms with van der Waals surface area (Å²) in [5.41, 5.74) is 3.32. The maximum atomic E-state index is 13.0. The van der Waals surface area contributed by atoms with E-state index < -0.39 is 11.7 Å². The molecule has 0 aliphatic carbocycles. The smallest absolute Gasteiger partial charge is 0.343 e. The number of aromatic amines is 1. The molecule has 0 unspecified atom stereocenters. The number of rotatable bonds is 4. The molecule has 9 heteroatoms. The lowest BCUT2D eigenvalue weighted by Gasteiger charge is -2.30. The summed E-state index contributed by atoms with van der Waals surface area (Å²) in [4.78, 5) is 33.4. The second kappa shape index (κ2) is 9.72. The molecule has 0 saturated carbocycles. The highest BCUT2D eigenvalue weighted by molar-refractivity contribution is 5.93. The van der Waals surface area contributed by atoms with Crippen LogP contribution in [0.25, 0.3) is 33.5 Å². The number of imidazole rings is 1. The van der Waals surface area contributed by atoms with Crippen LogP contribution in [-0.4, -0.2) is 39.8 Å². The Morgan fingerprint density at radius 3 is 2.32 bits per heavy atom. The molecule has 37 heavy (non-hydrogen) atoms. The number of nitrogens with one attached hydrogen (secondary N) is 2. The van der Waals surface area contributed by atoms with E-state index in [9.17, 15) is 22.8 Å². The summed E-state index contributed by atoms with van der Waals surface area (Å²) in [6, 6.07) is 18.5. The minimum Gasteiger partial charge on any atom is -0.343 e. The fourth-order valence-electron chi connectivity index (χ4n) is 4.62. The minimum atomic E-state index is -4.42. The lowest BCUT2D eigenvalue weighted by atomic mass is 9.95. The van der Waals surface area contributed by atoms with E-state index >= 15 is 0 Å². The molecule has 190 valence electrons. The predicted octanol–water partition coefficient (Wildman–Crippen LogP) is 6.11. The molecule has 2 amide bonds. The molecule has 0 bridgehead atoms. The number of carbonyl (C=O) groups is 2. The second-order valence-electron chi connectivity index (χ2n) is 9.24. The monoisotopic (exact) mass is 506 g/mol. The van der Waals surface area contributed by atoms with E-state index in [-0.39, 0.29) is 17.7 Å². The Hall–Kier alpha value is -4.14. The van der Waals surface area contributed by atoms with Crippen molar-refractivity contribution in [2.45, 2.75) is 25.9 Å². The Bertz CT molecular complexity index is 1450. The number of nitrogens with zero attached hydrogens (tertiary/aromatic N) is 2. The highest BCUT2D eigenvalue weighted by atomic mass is 19.4. The van der Waals surface area contributed by atoms with E-state index in [0.29, 0.717) is 48.5 Å². The van der Waals surface area contributed by atoms with Crippen molar-refractivity contribution in [2.24, 2.45) is 5.92 Å². The number of piperidine rings is 1. The molecule has 1 aromatic heterocycles. The zero-order valence-corrected chi connectivity index (χ0v) is 20.1. The molecular weight excluding hydrogens is 481 g/mol. The lowest BCUT2D eigenvalue weighted by Crippen LogP contribution is -2.40. The van der Waals surface area contributed by atoms with Crippen LogP contribution in [0.15, 0.2) is 66.7 Å². The van der Waals surface area contributed by atoms with Gasteiger partial charge in [0.2, 0.25) is 11.8 Å². The molecule has 1 saturated heterocycles. The van der Waals surface area contributed by atoms with Crippen LogP contribution in [-0.2, 0) is 15.8 Å². The second-order valence-corrected chi connectivity index (χ2v) is 9.24. The third-order valence-electron chi connectivity index (χ3n) is 6.74. The Labute approximate surface area is 211 Å². The number of benzene rings is 3. The van der Waals surface area contributed by atoms with Gasteiger partial charge in [0.15, 0.2) is 0 Å². The van der Waals surface area contributed by atoms with Crippen molar-refractivity contribution in [2.75, 3.05) is 18.4 Å². The number of halogens is 3. The SMILES string of the molecule is CC(=O)N1CCC(C(=O)Nc2ccc(-c3cccc(-c4nc5ccc(C(F)(F)F)cc5[nH]4)c3)cc2)CC1. The Morgan fingerprint density at radius 2 is 1.65 bits per heavy atom. The maximum Gasteiger partial charge on any atom is 0.416 e. The molecule has 1 aliphatic rings. The van der Waals surface area contributed by atoms with Crippen LogP contribution >= 0.6 is 0 Å². The van der Waals surface area contributed by atoms with E-state index in [1.807, 2.05) is 48.5 Å². The summed E-state index contributed by atoms with van der Waals surface area (Å²) in [6.07, 6.45) is -3.12. The van der Waals surface area contributed by atoms with E-state index in [2.05, 4.69) is 15.3 Å². The molecule has 2 heterocycles. The Morgan fingerprint density at radius 1 is 0.946 bits per heavy atom. The zero-order chi connectivity index (χ0) is 26.2. The number of fused-ring (bicyclic) bond motifs is 1. The molecule has 0 spiro atoms. The maximum absolute atomic E-state index is 13.0. The topological polar surface area (TPSA) is 78.1 Å². The normalized spacial score (nSPS) is 14.6. The van der Waals surface area contributed by atoms with Crippen molar-refractivity contribution < 1.29 is 22.8 Å². The predicted molar refractivity (Wildman–Crippen MR) is 136 cm³/mol. The quantitative estimate of drug-likeness (QED) is 0.350. The molecule has 6 nitrogen and oxygen atoms in total. The van der Waals surface area contributed by atoms with Crippen LogP contribution in [0.1, 0.15) is 25.3 Å². The molecule has 3 aromatic carbocycles. The van der Waals surface area contributed by atoms with Gasteiger partial charge in [-0.1, -0.05) is 30.3 Å². The summed E-state index contributed by atoms with van der Waals surface area (Å²) in [5.74, 6) is 0.352. The number of likely N-dealkylation sites (tertiary alicyclic amines) is 1. The van der Waals surface area contributed by atoms with Crippen LogP contribution in [0.2, 0.25) is 0 Å². The van der Waals surface area contributed by atoms with E-state index in [1.165, 1.54) is 6.07 Å². The van der Waals surface area contributed by atoms with E-state index in [0.717, 1.165) is 28.8 Å². The third kappa shape index (κ3) is 5.35. The zero-order valence-electron chi connectivity index (χ0n) is 20.1. The number of amides is 2. The number of anilines is 1. The Balaban J connectivity index is 1.29. The Kier molecular flexibility index (Phi) is 6.45. The number of alkyl halides is 3. The highest BCUT2D eigenvalue weighted by Crippen LogP contribution is 2.32. The first-order valence-corrected chi connectivity index (χ1v) is 12.0. The van der Waals surface area contributed by atoms with Gasteiger partial charge in [-0.3, -0.25) is 9.59 Å². The van der Waals surface area contributed by atoms with E-state index in [1.54, 1.807) is 11.8 Å². The molecular formula is C28H25F3N4O2. The molecule has 0 radical (unpaired) electrons. The van der Waals surface area contributed by atoms with Crippen LogP contribution in [0.3, 0.4) is 0 Å². The average Bonchev–Trinajstić information content (AvgIpc) is 3.32. The average molecular weight is 507 g/mol. The molecule has 4 aromatic rings. The highest BCUT2D eigenvalue weighted by Gasteiger charge is 2.31. The van der Waals surface area contributed by atoms with Gasteiger partial charge in [0.25, 0.3) is 0 Å². The van der Waals surface area contributed by atoms with Crippen LogP contribution in [0.4, 0.5) is 18.9 Å². The van der Waals surface area contributed by atoms with Crippen molar-refractivity contribution in [3.05, 3.63) is 72.3 Å². The largest absolute Gasteiger partial charge is 0.416 e. The van der Waals surface area contributed by atoms with Gasteiger partial charge in [0.1, 0.15) is 5.82 Å². The van der Waals surface area contributed by atoms with Crippen LogP contribution in [0.5, 0.6) is 0 Å². The van der Waals surface area contributed by atoms with Gasteiger partial charge in [-0.2, -0.15) is 13.2 Å². The van der Waals surface area contributed by atoms with Gasteiger partial charge >= 0.3 is 6.18 Å². The van der Waals surface area contributed by atoms with Crippen molar-refractivity contribution in [1.82, 2.24) is 14.9 Å². The van der Waals surface area contributed by atoms with E-state index in [4.69, 9.17) is 0 Å². The number of H-pyrrole nitrogens is 1. The number of hydrogen-bond acceptors (Lipinski definition) is 3. The van der Waals surface area contributed by atoms with Gasteiger partial charge in [0, 0.05) is 37.2 Å². The van der Waals surface area contributed by atoms with Gasteiger partial charge < -0.3 is 15.2 Å². The number of aromatic nitrogens is 2. The molecule has 1 fully saturated rings. The van der Waals surface area contributed by atoms with Crippen molar-refractivity contribution in [1.29, 1.82) is 0 Å². The van der Waals surface area contributed by atoms with Crippen molar-refractivity contribution >= 4 is 28.5 Å². The first-order chi connectivity index (χ1) is 17.7. The summed E-state index contributed by atoms with van der Waals surface area (Å²) in [6.45, 7) is 2.73. The molecule has 0 atom stereocenters. The van der Waals surface area contributed by atoms with Crippen LogP contribution < -0.4 is 5.32 Å². The van der Waals surface area contributed by atoms with Crippen LogP contribution in [0, 0.1) is 5.92 Å². The summed E-state index contributed by atoms with van der Waals surface area (Å²) in [7, 11) is 0. The van der Waals surface area contributed by atoms with Gasteiger partial charge in [-0.25, -0.2) is 4.98 Å². The van der Waals surface area contributed by atoms with Gasteiger partial charge in [-0.05, 0) is 60.4 Å². The number of carbonyl (C=O) groups excluding carboxylic acids is 2. The number of hydrogen-bond donors (Lipinski definition) is 2. The first-order valence-electron chi connectivity index (χ1n) is 12.0. The molecule has 5 rings (SSSR count). The lowest BCUT2D eigenvalue weighted by molar-refractivity contribution is -0.137. The minimum absolute atomic E-state index is 0.0365. The summed E-state index contributed by atoms with van der Waals surface area (Å²) < 4.78 is 39.1. The van der Waals surface area contributed by atoms with Gasteiger partial charge in [-0.15, -0.1) is 0 Å². The fourth-order valence-corrected chi connectivity index (χ4v) is 4.62. The van der Waals surface area contributed by atoms with Gasteiger partial charge in [0.05, 0.1) is 16.6 Å². The van der Waals surface area contributed by atoms with Crippen molar-refractivity contribution in [3.8, 4) is 22.5 Å².